The van der Waals surface area contributed by atoms with Crippen molar-refractivity contribution in [1.29, 1.82) is 0 Å². The maximum absolute atomic E-state index is 13.1. The van der Waals surface area contributed by atoms with Crippen molar-refractivity contribution < 1.29 is 14.1 Å². The highest BCUT2D eigenvalue weighted by molar-refractivity contribution is 5.92. The van der Waals surface area contributed by atoms with Gasteiger partial charge in [-0.15, -0.1) is 0 Å². The minimum absolute atomic E-state index is 0.0376. The molecule has 11 nitrogen and oxygen atoms in total. The Kier molecular flexibility index (Phi) is 6.83. The summed E-state index contributed by atoms with van der Waals surface area (Å²) in [6.45, 7) is 3.94. The number of carbonyl (C=O) groups excluding carboxylic acids is 2. The van der Waals surface area contributed by atoms with Gasteiger partial charge >= 0.3 is 0 Å². The fraction of sp³-hybridized carbons (Fsp3) is 0.476. The number of nitrogens with one attached hydrogen (secondary N) is 1. The fourth-order valence-corrected chi connectivity index (χ4v) is 3.79. The highest BCUT2D eigenvalue weighted by Crippen LogP contribution is 2.26. The standard InChI is InChI=1S/C21H26N8O3/c1-2-29-17(6-9-25-29)21(31)28-12-3-4-15(5-8-24-18(30)7-13-28)20-26-19(27-32-20)16-14-22-10-11-23-16/h6,9-11,14-15H,2-5,7-8,12-13H2,1H3,(H,24,30). The van der Waals surface area contributed by atoms with Crippen molar-refractivity contribution in [3.8, 4) is 11.5 Å². The Bertz CT molecular complexity index is 1050. The van der Waals surface area contributed by atoms with E-state index in [4.69, 9.17) is 4.52 Å². The zero-order valence-electron chi connectivity index (χ0n) is 18.0. The summed E-state index contributed by atoms with van der Waals surface area (Å²) >= 11 is 0. The van der Waals surface area contributed by atoms with Crippen molar-refractivity contribution in [2.75, 3.05) is 19.6 Å². The predicted octanol–water partition coefficient (Wildman–Crippen LogP) is 1.66. The van der Waals surface area contributed by atoms with Crippen molar-refractivity contribution in [1.82, 2.24) is 40.1 Å². The van der Waals surface area contributed by atoms with Crippen LogP contribution in [0.3, 0.4) is 0 Å². The molecule has 0 aromatic carbocycles. The largest absolute Gasteiger partial charge is 0.356 e. The minimum Gasteiger partial charge on any atom is -0.356 e. The molecule has 1 fully saturated rings. The second kappa shape index (κ2) is 10.1. The van der Waals surface area contributed by atoms with Crippen LogP contribution in [0.4, 0.5) is 0 Å². The average Bonchev–Trinajstić information content (AvgIpc) is 3.49. The summed E-state index contributed by atoms with van der Waals surface area (Å²) < 4.78 is 7.18. The van der Waals surface area contributed by atoms with Gasteiger partial charge in [-0.25, -0.2) is 4.98 Å². The lowest BCUT2D eigenvalue weighted by molar-refractivity contribution is -0.121. The minimum atomic E-state index is -0.115. The molecule has 1 atom stereocenters. The molecule has 11 heteroatoms. The van der Waals surface area contributed by atoms with Gasteiger partial charge < -0.3 is 14.7 Å². The van der Waals surface area contributed by atoms with E-state index in [0.29, 0.717) is 55.7 Å². The first kappa shape index (κ1) is 21.6. The second-order valence-electron chi connectivity index (χ2n) is 7.60. The van der Waals surface area contributed by atoms with Crippen molar-refractivity contribution in [2.24, 2.45) is 0 Å². The van der Waals surface area contributed by atoms with E-state index < -0.39 is 0 Å². The number of aromatic nitrogens is 6. The third kappa shape index (κ3) is 4.98. The number of nitrogens with zero attached hydrogens (tertiary/aromatic N) is 7. The number of hydrogen-bond donors (Lipinski definition) is 1. The number of hydrogen-bond acceptors (Lipinski definition) is 8. The summed E-state index contributed by atoms with van der Waals surface area (Å²) in [6.07, 6.45) is 8.77. The first-order chi connectivity index (χ1) is 15.7. The third-order valence-corrected chi connectivity index (χ3v) is 5.51. The van der Waals surface area contributed by atoms with Crippen LogP contribution in [0.15, 0.2) is 35.4 Å². The van der Waals surface area contributed by atoms with Gasteiger partial charge in [0.25, 0.3) is 5.91 Å². The fourth-order valence-electron chi connectivity index (χ4n) is 3.79. The van der Waals surface area contributed by atoms with Crippen LogP contribution in [0.2, 0.25) is 0 Å². The summed E-state index contributed by atoms with van der Waals surface area (Å²) in [6, 6.07) is 1.71. The maximum Gasteiger partial charge on any atom is 0.272 e. The Morgan fingerprint density at radius 2 is 2.16 bits per heavy atom. The molecular weight excluding hydrogens is 412 g/mol. The second-order valence-corrected chi connectivity index (χ2v) is 7.60. The first-order valence-corrected chi connectivity index (χ1v) is 10.8. The molecule has 0 bridgehead atoms. The van der Waals surface area contributed by atoms with E-state index in [1.54, 1.807) is 40.4 Å². The molecule has 0 radical (unpaired) electrons. The van der Waals surface area contributed by atoms with Crippen molar-refractivity contribution in [3.63, 3.8) is 0 Å². The van der Waals surface area contributed by atoms with Crippen LogP contribution in [-0.2, 0) is 11.3 Å². The van der Waals surface area contributed by atoms with Gasteiger partial charge in [0.2, 0.25) is 17.6 Å². The summed E-state index contributed by atoms with van der Waals surface area (Å²) in [5.74, 6) is 0.649. The number of rotatable bonds is 4. The lowest BCUT2D eigenvalue weighted by atomic mass is 9.99. The number of aryl methyl sites for hydroxylation is 1. The molecule has 0 aliphatic carbocycles. The van der Waals surface area contributed by atoms with E-state index in [-0.39, 0.29) is 24.2 Å². The lowest BCUT2D eigenvalue weighted by Gasteiger charge is -2.23. The van der Waals surface area contributed by atoms with Gasteiger partial charge in [0.1, 0.15) is 11.4 Å². The van der Waals surface area contributed by atoms with Crippen molar-refractivity contribution in [3.05, 3.63) is 42.4 Å². The van der Waals surface area contributed by atoms with Gasteiger partial charge in [0.05, 0.1) is 6.20 Å². The van der Waals surface area contributed by atoms with E-state index in [1.807, 2.05) is 6.92 Å². The monoisotopic (exact) mass is 438 g/mol. The Labute approximate surface area is 185 Å². The molecule has 3 aromatic heterocycles. The van der Waals surface area contributed by atoms with E-state index in [2.05, 4.69) is 30.5 Å². The molecule has 0 spiro atoms. The van der Waals surface area contributed by atoms with Gasteiger partial charge in [0.15, 0.2) is 0 Å². The molecule has 1 aliphatic heterocycles. The molecule has 0 saturated carbocycles. The van der Waals surface area contributed by atoms with E-state index >= 15 is 0 Å². The van der Waals surface area contributed by atoms with Crippen molar-refractivity contribution in [2.45, 2.75) is 45.1 Å². The Morgan fingerprint density at radius 3 is 2.97 bits per heavy atom. The molecule has 4 rings (SSSR count). The smallest absolute Gasteiger partial charge is 0.272 e. The molecule has 2 amide bonds. The van der Waals surface area contributed by atoms with E-state index in [0.717, 1.165) is 12.8 Å². The summed E-state index contributed by atoms with van der Waals surface area (Å²) in [4.78, 5) is 39.8. The highest BCUT2D eigenvalue weighted by Gasteiger charge is 2.24. The van der Waals surface area contributed by atoms with Gasteiger partial charge in [-0.3, -0.25) is 19.3 Å². The number of amides is 2. The van der Waals surface area contributed by atoms with Crippen LogP contribution in [0.5, 0.6) is 0 Å². The van der Waals surface area contributed by atoms with Crippen LogP contribution >= 0.6 is 0 Å². The normalized spacial score (nSPS) is 18.1. The number of carbonyl (C=O) groups is 2. The Morgan fingerprint density at radius 1 is 1.25 bits per heavy atom. The Balaban J connectivity index is 1.48. The Hall–Kier alpha value is -3.63. The third-order valence-electron chi connectivity index (χ3n) is 5.51. The van der Waals surface area contributed by atoms with Gasteiger partial charge in [-0.1, -0.05) is 5.16 Å². The first-order valence-electron chi connectivity index (χ1n) is 10.8. The molecule has 3 aromatic rings. The van der Waals surface area contributed by atoms with Gasteiger partial charge in [-0.2, -0.15) is 10.1 Å². The maximum atomic E-state index is 13.1. The van der Waals surface area contributed by atoms with E-state index in [9.17, 15) is 9.59 Å². The highest BCUT2D eigenvalue weighted by atomic mass is 16.5. The average molecular weight is 438 g/mol. The van der Waals surface area contributed by atoms with Crippen LogP contribution in [0.25, 0.3) is 11.5 Å². The lowest BCUT2D eigenvalue weighted by Crippen LogP contribution is -2.36. The van der Waals surface area contributed by atoms with Gasteiger partial charge in [0, 0.05) is 57.1 Å². The molecule has 168 valence electrons. The molecule has 1 aliphatic rings. The quantitative estimate of drug-likeness (QED) is 0.650. The SMILES string of the molecule is CCn1nccc1C(=O)N1CCCC(c2nc(-c3cnccn3)no2)CCNC(=O)CC1. The van der Waals surface area contributed by atoms with Crippen LogP contribution in [0, 0.1) is 0 Å². The van der Waals surface area contributed by atoms with Crippen LogP contribution in [0.1, 0.15) is 54.9 Å². The predicted molar refractivity (Wildman–Crippen MR) is 113 cm³/mol. The van der Waals surface area contributed by atoms with Crippen LogP contribution in [-0.4, -0.2) is 66.2 Å². The molecule has 32 heavy (non-hydrogen) atoms. The molecule has 1 N–H and O–H groups in total. The van der Waals surface area contributed by atoms with Gasteiger partial charge in [-0.05, 0) is 32.3 Å². The zero-order valence-corrected chi connectivity index (χ0v) is 18.0. The van der Waals surface area contributed by atoms with Crippen molar-refractivity contribution >= 4 is 11.8 Å². The van der Waals surface area contributed by atoms with Crippen LogP contribution < -0.4 is 5.32 Å². The zero-order chi connectivity index (χ0) is 22.3. The topological polar surface area (TPSA) is 132 Å². The summed E-state index contributed by atoms with van der Waals surface area (Å²) in [5.41, 5.74) is 1.07. The summed E-state index contributed by atoms with van der Waals surface area (Å²) in [5, 5.41) is 11.2. The molecule has 1 unspecified atom stereocenters. The molecule has 4 heterocycles. The molecular formula is C21H26N8O3. The molecule has 1 saturated heterocycles. The van der Waals surface area contributed by atoms with E-state index in [1.165, 1.54) is 0 Å². The summed E-state index contributed by atoms with van der Waals surface area (Å²) in [7, 11) is 0.